The zero-order valence-electron chi connectivity index (χ0n) is 11.3. The van der Waals surface area contributed by atoms with E-state index >= 15 is 0 Å². The van der Waals surface area contributed by atoms with Crippen LogP contribution in [0.1, 0.15) is 18.1 Å². The molecule has 0 aliphatic heterocycles. The van der Waals surface area contributed by atoms with Crippen molar-refractivity contribution in [1.82, 2.24) is 9.97 Å². The van der Waals surface area contributed by atoms with Gasteiger partial charge in [-0.05, 0) is 44.0 Å². The summed E-state index contributed by atoms with van der Waals surface area (Å²) in [5.74, 6) is 1.62. The number of aryl methyl sites for hydroxylation is 2. The van der Waals surface area contributed by atoms with Gasteiger partial charge in [0.15, 0.2) is 0 Å². The van der Waals surface area contributed by atoms with Crippen LogP contribution in [0.4, 0.5) is 17.3 Å². The molecule has 5 heteroatoms. The van der Waals surface area contributed by atoms with E-state index in [0.717, 1.165) is 28.3 Å². The number of hydrogen-bond donors (Lipinski definition) is 2. The lowest BCUT2D eigenvalue weighted by molar-refractivity contribution is 1.11. The fraction of sp³-hybridized carbons (Fsp3) is 0.286. The van der Waals surface area contributed by atoms with Crippen molar-refractivity contribution in [3.63, 3.8) is 0 Å². The number of nitrogens with one attached hydrogen (secondary N) is 2. The van der Waals surface area contributed by atoms with Crippen LogP contribution in [0.2, 0.25) is 0 Å². The van der Waals surface area contributed by atoms with E-state index in [1.54, 1.807) is 6.33 Å². The Morgan fingerprint density at radius 1 is 1.05 bits per heavy atom. The first-order chi connectivity index (χ1) is 9.10. The second-order valence-corrected chi connectivity index (χ2v) is 5.27. The summed E-state index contributed by atoms with van der Waals surface area (Å²) in [5, 5.41) is 6.53. The number of nitrogens with zero attached hydrogens (tertiary/aromatic N) is 2. The van der Waals surface area contributed by atoms with Gasteiger partial charge in [-0.2, -0.15) is 0 Å². The highest BCUT2D eigenvalue weighted by atomic mass is 79.9. The fourth-order valence-corrected chi connectivity index (χ4v) is 2.63. The molecular formula is C14H17BrN4. The van der Waals surface area contributed by atoms with Crippen molar-refractivity contribution in [1.29, 1.82) is 0 Å². The standard InChI is InChI=1S/C14H17BrN4/c1-4-16-12-7-13(18-8-17-12)19-14-9(2)5-11(15)6-10(14)3/h5-8H,4H2,1-3H3,(H2,16,17,18,19). The SMILES string of the molecule is CCNc1cc(Nc2c(C)cc(Br)cc2C)ncn1. The zero-order chi connectivity index (χ0) is 13.8. The highest BCUT2D eigenvalue weighted by Crippen LogP contribution is 2.27. The van der Waals surface area contributed by atoms with Gasteiger partial charge in [-0.3, -0.25) is 0 Å². The van der Waals surface area contributed by atoms with Crippen LogP contribution >= 0.6 is 15.9 Å². The Morgan fingerprint density at radius 3 is 2.32 bits per heavy atom. The Balaban J connectivity index is 2.28. The van der Waals surface area contributed by atoms with Crippen molar-refractivity contribution < 1.29 is 0 Å². The fourth-order valence-electron chi connectivity index (χ4n) is 1.94. The van der Waals surface area contributed by atoms with Gasteiger partial charge < -0.3 is 10.6 Å². The molecule has 0 amide bonds. The van der Waals surface area contributed by atoms with E-state index in [2.05, 4.69) is 62.5 Å². The molecule has 1 aromatic carbocycles. The molecule has 4 nitrogen and oxygen atoms in total. The number of aromatic nitrogens is 2. The van der Waals surface area contributed by atoms with E-state index in [4.69, 9.17) is 0 Å². The smallest absolute Gasteiger partial charge is 0.135 e. The second kappa shape index (κ2) is 6.02. The third-order valence-electron chi connectivity index (χ3n) is 2.78. The van der Waals surface area contributed by atoms with Gasteiger partial charge >= 0.3 is 0 Å². The predicted molar refractivity (Wildman–Crippen MR) is 83.1 cm³/mol. The van der Waals surface area contributed by atoms with Gasteiger partial charge in [0.05, 0.1) is 0 Å². The third kappa shape index (κ3) is 3.44. The molecule has 100 valence electrons. The first-order valence-electron chi connectivity index (χ1n) is 6.20. The molecule has 0 aliphatic rings. The number of hydrogen-bond acceptors (Lipinski definition) is 4. The van der Waals surface area contributed by atoms with Gasteiger partial charge in [0.1, 0.15) is 18.0 Å². The molecule has 0 atom stereocenters. The molecule has 0 saturated carbocycles. The summed E-state index contributed by atoms with van der Waals surface area (Å²) in [5.41, 5.74) is 3.44. The molecule has 0 aliphatic carbocycles. The number of benzene rings is 1. The van der Waals surface area contributed by atoms with E-state index in [1.165, 1.54) is 11.1 Å². The van der Waals surface area contributed by atoms with Crippen molar-refractivity contribution in [3.8, 4) is 0 Å². The minimum absolute atomic E-state index is 0.791. The maximum absolute atomic E-state index is 4.25. The molecule has 0 radical (unpaired) electrons. The molecule has 0 bridgehead atoms. The van der Waals surface area contributed by atoms with Crippen LogP contribution in [-0.4, -0.2) is 16.5 Å². The molecule has 1 heterocycles. The quantitative estimate of drug-likeness (QED) is 0.892. The van der Waals surface area contributed by atoms with Crippen molar-refractivity contribution in [3.05, 3.63) is 40.1 Å². The Labute approximate surface area is 121 Å². The van der Waals surface area contributed by atoms with E-state index < -0.39 is 0 Å². The molecule has 2 rings (SSSR count). The van der Waals surface area contributed by atoms with Crippen LogP contribution < -0.4 is 10.6 Å². The maximum Gasteiger partial charge on any atom is 0.135 e. The average Bonchev–Trinajstić information content (AvgIpc) is 2.35. The molecule has 0 saturated heterocycles. The average molecular weight is 321 g/mol. The topological polar surface area (TPSA) is 49.8 Å². The minimum atomic E-state index is 0.791. The van der Waals surface area contributed by atoms with E-state index in [-0.39, 0.29) is 0 Å². The molecular weight excluding hydrogens is 304 g/mol. The molecule has 1 aromatic heterocycles. The van der Waals surface area contributed by atoms with Crippen molar-refractivity contribution >= 4 is 33.3 Å². The lowest BCUT2D eigenvalue weighted by atomic mass is 10.1. The van der Waals surface area contributed by atoms with Gasteiger partial charge in [0.25, 0.3) is 0 Å². The lowest BCUT2D eigenvalue weighted by Gasteiger charge is -2.13. The molecule has 0 spiro atoms. The molecule has 0 unspecified atom stereocenters. The van der Waals surface area contributed by atoms with Gasteiger partial charge in [-0.25, -0.2) is 9.97 Å². The van der Waals surface area contributed by atoms with Crippen molar-refractivity contribution in [2.75, 3.05) is 17.2 Å². The van der Waals surface area contributed by atoms with E-state index in [9.17, 15) is 0 Å². The minimum Gasteiger partial charge on any atom is -0.370 e. The summed E-state index contributed by atoms with van der Waals surface area (Å²) >= 11 is 3.50. The Kier molecular flexibility index (Phi) is 4.37. The predicted octanol–water partition coefficient (Wildman–Crippen LogP) is 4.03. The summed E-state index contributed by atoms with van der Waals surface area (Å²) in [6.07, 6.45) is 1.56. The largest absolute Gasteiger partial charge is 0.370 e. The lowest BCUT2D eigenvalue weighted by Crippen LogP contribution is -2.03. The zero-order valence-corrected chi connectivity index (χ0v) is 12.9. The summed E-state index contributed by atoms with van der Waals surface area (Å²) < 4.78 is 1.09. The van der Waals surface area contributed by atoms with Crippen LogP contribution in [0.15, 0.2) is 29.0 Å². The Hall–Kier alpha value is -1.62. The highest BCUT2D eigenvalue weighted by molar-refractivity contribution is 9.10. The Bertz CT molecular complexity index is 560. The monoisotopic (exact) mass is 320 g/mol. The van der Waals surface area contributed by atoms with Crippen molar-refractivity contribution in [2.24, 2.45) is 0 Å². The number of rotatable bonds is 4. The van der Waals surface area contributed by atoms with Crippen molar-refractivity contribution in [2.45, 2.75) is 20.8 Å². The number of halogens is 1. The van der Waals surface area contributed by atoms with Gasteiger partial charge in [0.2, 0.25) is 0 Å². The summed E-state index contributed by atoms with van der Waals surface area (Å²) in [4.78, 5) is 8.41. The Morgan fingerprint density at radius 2 is 1.68 bits per heavy atom. The van der Waals surface area contributed by atoms with Gasteiger partial charge in [-0.1, -0.05) is 15.9 Å². The second-order valence-electron chi connectivity index (χ2n) is 4.36. The summed E-state index contributed by atoms with van der Waals surface area (Å²) in [6.45, 7) is 7.03. The van der Waals surface area contributed by atoms with Crippen LogP contribution in [-0.2, 0) is 0 Å². The molecule has 2 N–H and O–H groups in total. The highest BCUT2D eigenvalue weighted by Gasteiger charge is 2.06. The van der Waals surface area contributed by atoms with E-state index in [1.807, 2.05) is 13.0 Å². The van der Waals surface area contributed by atoms with E-state index in [0.29, 0.717) is 0 Å². The van der Waals surface area contributed by atoms with Crippen LogP contribution in [0.3, 0.4) is 0 Å². The van der Waals surface area contributed by atoms with Crippen LogP contribution in [0.5, 0.6) is 0 Å². The first kappa shape index (κ1) is 13.8. The summed E-state index contributed by atoms with van der Waals surface area (Å²) in [6, 6.07) is 6.08. The molecule has 19 heavy (non-hydrogen) atoms. The van der Waals surface area contributed by atoms with Crippen LogP contribution in [0, 0.1) is 13.8 Å². The van der Waals surface area contributed by atoms with Gasteiger partial charge in [-0.15, -0.1) is 0 Å². The first-order valence-corrected chi connectivity index (χ1v) is 6.99. The summed E-state index contributed by atoms with van der Waals surface area (Å²) in [7, 11) is 0. The van der Waals surface area contributed by atoms with Crippen LogP contribution in [0.25, 0.3) is 0 Å². The third-order valence-corrected chi connectivity index (χ3v) is 3.23. The maximum atomic E-state index is 4.25. The molecule has 2 aromatic rings. The molecule has 0 fully saturated rings. The normalized spacial score (nSPS) is 10.3. The van der Waals surface area contributed by atoms with Gasteiger partial charge in [0, 0.05) is 22.8 Å². The number of anilines is 3.